The third-order valence-corrected chi connectivity index (χ3v) is 4.95. The molecule has 8 nitrogen and oxygen atoms in total. The van der Waals surface area contributed by atoms with Crippen molar-refractivity contribution >= 4 is 23.7 Å². The highest BCUT2D eigenvalue weighted by Crippen LogP contribution is 2.25. The van der Waals surface area contributed by atoms with Crippen molar-refractivity contribution in [3.8, 4) is 0 Å². The van der Waals surface area contributed by atoms with E-state index in [1.165, 1.54) is 30.3 Å². The van der Waals surface area contributed by atoms with Crippen LogP contribution in [0, 0.1) is 0 Å². The lowest BCUT2D eigenvalue weighted by Gasteiger charge is -2.13. The molecule has 2 aromatic carbocycles. The molecule has 4 rings (SSSR count). The van der Waals surface area contributed by atoms with Gasteiger partial charge in [0, 0.05) is 24.5 Å². The first-order chi connectivity index (χ1) is 14.9. The van der Waals surface area contributed by atoms with Gasteiger partial charge < -0.3 is 10.4 Å². The molecule has 154 valence electrons. The minimum absolute atomic E-state index is 0.105. The number of carbonyl (C=O) groups excluding carboxylic acids is 3. The van der Waals surface area contributed by atoms with E-state index in [9.17, 15) is 19.2 Å². The molecule has 0 fully saturated rings. The van der Waals surface area contributed by atoms with E-state index in [2.05, 4.69) is 10.3 Å². The quantitative estimate of drug-likeness (QED) is 0.598. The number of hydrogen-bond acceptors (Lipinski definition) is 5. The Morgan fingerprint density at radius 2 is 1.61 bits per heavy atom. The molecule has 0 spiro atoms. The molecule has 3 aromatic rings. The maximum Gasteiger partial charge on any atom is 0.335 e. The first kappa shape index (κ1) is 20.0. The Kier molecular flexibility index (Phi) is 5.28. The normalized spacial score (nSPS) is 12.6. The molecule has 2 heterocycles. The summed E-state index contributed by atoms with van der Waals surface area (Å²) in [6.45, 7) is 0.296. The SMILES string of the molecule is O=C(O)c1ccc(CNC(=O)c2ccc3c(c2)C(=O)N(Cc2cccnc2)C3=O)cc1. The van der Waals surface area contributed by atoms with Crippen molar-refractivity contribution in [2.45, 2.75) is 13.1 Å². The highest BCUT2D eigenvalue weighted by Gasteiger charge is 2.36. The van der Waals surface area contributed by atoms with Crippen molar-refractivity contribution in [2.24, 2.45) is 0 Å². The van der Waals surface area contributed by atoms with Crippen LogP contribution in [0.3, 0.4) is 0 Å². The van der Waals surface area contributed by atoms with Gasteiger partial charge in [-0.1, -0.05) is 18.2 Å². The fraction of sp³-hybridized carbons (Fsp3) is 0.0870. The van der Waals surface area contributed by atoms with Crippen molar-refractivity contribution in [3.05, 3.63) is 100 Å². The Balaban J connectivity index is 1.46. The van der Waals surface area contributed by atoms with E-state index in [1.54, 1.807) is 36.7 Å². The number of carboxylic acid groups (broad SMARTS) is 1. The number of aromatic nitrogens is 1. The van der Waals surface area contributed by atoms with Crippen LogP contribution in [0.5, 0.6) is 0 Å². The van der Waals surface area contributed by atoms with E-state index in [0.29, 0.717) is 0 Å². The Bertz CT molecular complexity index is 1190. The number of aromatic carboxylic acids is 1. The molecule has 8 heteroatoms. The summed E-state index contributed by atoms with van der Waals surface area (Å²) in [5.74, 6) is -2.29. The first-order valence-corrected chi connectivity index (χ1v) is 9.43. The lowest BCUT2D eigenvalue weighted by molar-refractivity contribution is 0.0639. The van der Waals surface area contributed by atoms with Crippen LogP contribution >= 0.6 is 0 Å². The predicted molar refractivity (Wildman–Crippen MR) is 109 cm³/mol. The number of hydrogen-bond donors (Lipinski definition) is 2. The molecule has 0 unspecified atom stereocenters. The number of rotatable bonds is 6. The van der Waals surface area contributed by atoms with Gasteiger partial charge in [-0.15, -0.1) is 0 Å². The van der Waals surface area contributed by atoms with Gasteiger partial charge in [0.05, 0.1) is 23.2 Å². The molecule has 0 bridgehead atoms. The van der Waals surface area contributed by atoms with Gasteiger partial charge >= 0.3 is 5.97 Å². The van der Waals surface area contributed by atoms with Crippen molar-refractivity contribution < 1.29 is 24.3 Å². The van der Waals surface area contributed by atoms with Gasteiger partial charge in [-0.3, -0.25) is 24.3 Å². The molecule has 2 N–H and O–H groups in total. The van der Waals surface area contributed by atoms with E-state index >= 15 is 0 Å². The third kappa shape index (κ3) is 4.04. The van der Waals surface area contributed by atoms with Gasteiger partial charge in [0.2, 0.25) is 0 Å². The van der Waals surface area contributed by atoms with Crippen LogP contribution in [0.25, 0.3) is 0 Å². The number of pyridine rings is 1. The van der Waals surface area contributed by atoms with Gasteiger partial charge in [-0.2, -0.15) is 0 Å². The molecule has 0 aliphatic carbocycles. The molecule has 0 saturated heterocycles. The van der Waals surface area contributed by atoms with E-state index < -0.39 is 23.7 Å². The molecule has 1 aromatic heterocycles. The van der Waals surface area contributed by atoms with Crippen LogP contribution < -0.4 is 5.32 Å². The molecule has 0 saturated carbocycles. The fourth-order valence-electron chi connectivity index (χ4n) is 3.30. The highest BCUT2D eigenvalue weighted by molar-refractivity contribution is 6.22. The molecule has 1 aliphatic heterocycles. The number of nitrogens with one attached hydrogen (secondary N) is 1. The fourth-order valence-corrected chi connectivity index (χ4v) is 3.30. The molecular weight excluding hydrogens is 398 g/mol. The molecule has 1 aliphatic rings. The summed E-state index contributed by atoms with van der Waals surface area (Å²) in [5.41, 5.74) is 2.32. The molecular formula is C23H17N3O5. The number of fused-ring (bicyclic) bond motifs is 1. The minimum Gasteiger partial charge on any atom is -0.478 e. The molecule has 0 radical (unpaired) electrons. The maximum absolute atomic E-state index is 12.8. The van der Waals surface area contributed by atoms with Crippen molar-refractivity contribution in [1.29, 1.82) is 0 Å². The summed E-state index contributed by atoms with van der Waals surface area (Å²) in [6.07, 6.45) is 3.20. The zero-order valence-electron chi connectivity index (χ0n) is 16.2. The lowest BCUT2D eigenvalue weighted by atomic mass is 10.1. The summed E-state index contributed by atoms with van der Waals surface area (Å²) in [7, 11) is 0. The van der Waals surface area contributed by atoms with Crippen LogP contribution in [0.2, 0.25) is 0 Å². The summed E-state index contributed by atoms with van der Waals surface area (Å²) in [4.78, 5) is 53.9. The second kappa shape index (κ2) is 8.19. The van der Waals surface area contributed by atoms with E-state index in [-0.39, 0.29) is 35.3 Å². The van der Waals surface area contributed by atoms with Crippen molar-refractivity contribution in [3.63, 3.8) is 0 Å². The highest BCUT2D eigenvalue weighted by atomic mass is 16.4. The van der Waals surface area contributed by atoms with E-state index in [1.807, 2.05) is 0 Å². The Morgan fingerprint density at radius 1 is 0.903 bits per heavy atom. The van der Waals surface area contributed by atoms with Gasteiger partial charge in [0.25, 0.3) is 17.7 Å². The lowest BCUT2D eigenvalue weighted by Crippen LogP contribution is -2.29. The smallest absolute Gasteiger partial charge is 0.335 e. The molecule has 31 heavy (non-hydrogen) atoms. The maximum atomic E-state index is 12.8. The van der Waals surface area contributed by atoms with Crippen LogP contribution in [-0.4, -0.2) is 38.7 Å². The average Bonchev–Trinajstić information content (AvgIpc) is 3.02. The largest absolute Gasteiger partial charge is 0.478 e. The number of amides is 3. The summed E-state index contributed by atoms with van der Waals surface area (Å²) >= 11 is 0. The van der Waals surface area contributed by atoms with Crippen LogP contribution in [0.15, 0.2) is 67.0 Å². The Labute approximate surface area is 177 Å². The van der Waals surface area contributed by atoms with E-state index in [4.69, 9.17) is 5.11 Å². The number of carbonyl (C=O) groups is 4. The van der Waals surface area contributed by atoms with Gasteiger partial charge in [-0.25, -0.2) is 4.79 Å². The second-order valence-electron chi connectivity index (χ2n) is 7.00. The number of imide groups is 1. The van der Waals surface area contributed by atoms with Crippen LogP contribution in [-0.2, 0) is 13.1 Å². The number of nitrogens with zero attached hydrogens (tertiary/aromatic N) is 2. The standard InChI is InChI=1S/C23H17N3O5/c27-20(25-12-14-3-5-16(6-4-14)23(30)31)17-7-8-18-19(10-17)22(29)26(21(18)28)13-15-2-1-9-24-11-15/h1-11H,12-13H2,(H,25,27)(H,30,31). The van der Waals surface area contributed by atoms with Gasteiger partial charge in [-0.05, 0) is 47.5 Å². The summed E-state index contributed by atoms with van der Waals surface area (Å²) in [6, 6.07) is 14.1. The zero-order valence-corrected chi connectivity index (χ0v) is 16.2. The topological polar surface area (TPSA) is 117 Å². The monoisotopic (exact) mass is 415 g/mol. The van der Waals surface area contributed by atoms with Crippen molar-refractivity contribution in [1.82, 2.24) is 15.2 Å². The Hall–Kier alpha value is -4.33. The van der Waals surface area contributed by atoms with Gasteiger partial charge in [0.1, 0.15) is 0 Å². The predicted octanol–water partition coefficient (Wildman–Crippen LogP) is 2.51. The zero-order chi connectivity index (χ0) is 22.0. The van der Waals surface area contributed by atoms with Gasteiger partial charge in [0.15, 0.2) is 0 Å². The molecule has 0 atom stereocenters. The van der Waals surface area contributed by atoms with E-state index in [0.717, 1.165) is 16.0 Å². The van der Waals surface area contributed by atoms with Crippen molar-refractivity contribution in [2.75, 3.05) is 0 Å². The summed E-state index contributed by atoms with van der Waals surface area (Å²) < 4.78 is 0. The minimum atomic E-state index is -1.02. The second-order valence-corrected chi connectivity index (χ2v) is 7.00. The average molecular weight is 415 g/mol. The van der Waals surface area contributed by atoms with Crippen LogP contribution in [0.1, 0.15) is 52.6 Å². The number of benzene rings is 2. The first-order valence-electron chi connectivity index (χ1n) is 9.43. The van der Waals surface area contributed by atoms with Crippen LogP contribution in [0.4, 0.5) is 0 Å². The number of carboxylic acids is 1. The Morgan fingerprint density at radius 3 is 2.29 bits per heavy atom. The summed E-state index contributed by atoms with van der Waals surface area (Å²) in [5, 5.41) is 11.7. The third-order valence-electron chi connectivity index (χ3n) is 4.95. The molecule has 3 amide bonds.